The van der Waals surface area contributed by atoms with Gasteiger partial charge in [-0.15, -0.1) is 0 Å². The fraction of sp³-hybridized carbons (Fsp3) is 0.385. The summed E-state index contributed by atoms with van der Waals surface area (Å²) >= 11 is 0. The number of likely N-dealkylation sites (tertiary alicyclic amines) is 1. The molecule has 2 saturated heterocycles. The van der Waals surface area contributed by atoms with Crippen LogP contribution in [-0.4, -0.2) is 71.8 Å². The van der Waals surface area contributed by atoms with Crippen molar-refractivity contribution in [1.82, 2.24) is 14.7 Å². The third-order valence-electron chi connectivity index (χ3n) is 6.32. The van der Waals surface area contributed by atoms with Gasteiger partial charge in [0.15, 0.2) is 0 Å². The van der Waals surface area contributed by atoms with E-state index in [4.69, 9.17) is 0 Å². The first-order chi connectivity index (χ1) is 15.6. The van der Waals surface area contributed by atoms with Crippen LogP contribution in [0.5, 0.6) is 0 Å². The number of halogens is 1. The Morgan fingerprint density at radius 2 is 1.66 bits per heavy atom. The van der Waals surface area contributed by atoms with Crippen molar-refractivity contribution in [3.05, 3.63) is 77.6 Å². The van der Waals surface area contributed by atoms with E-state index in [2.05, 4.69) is 34.1 Å². The number of piperazine rings is 1. The molecule has 5 nitrogen and oxygen atoms in total. The molecule has 32 heavy (non-hydrogen) atoms. The minimum absolute atomic E-state index is 0.116. The topological polar surface area (TPSA) is 43.9 Å². The molecule has 1 unspecified atom stereocenters. The summed E-state index contributed by atoms with van der Waals surface area (Å²) < 4.78 is 13.2. The molecular weight excluding hydrogens is 405 g/mol. The fourth-order valence-electron chi connectivity index (χ4n) is 4.47. The van der Waals surface area contributed by atoms with E-state index in [0.29, 0.717) is 12.1 Å². The number of nitrogens with zero attached hydrogens (tertiary/aromatic N) is 3. The van der Waals surface area contributed by atoms with Gasteiger partial charge in [0.05, 0.1) is 6.04 Å². The molecule has 0 saturated carbocycles. The lowest BCUT2D eigenvalue weighted by atomic mass is 10.1. The molecule has 2 amide bonds. The number of carbonyl (C=O) groups excluding carboxylic acids is 2. The van der Waals surface area contributed by atoms with E-state index in [1.807, 2.05) is 18.2 Å². The molecule has 2 aromatic carbocycles. The van der Waals surface area contributed by atoms with Crippen LogP contribution in [0.3, 0.4) is 0 Å². The largest absolute Gasteiger partial charge is 0.297 e. The quantitative estimate of drug-likeness (QED) is 0.672. The van der Waals surface area contributed by atoms with E-state index in [1.165, 1.54) is 34.7 Å². The van der Waals surface area contributed by atoms with Gasteiger partial charge in [0.2, 0.25) is 5.91 Å². The van der Waals surface area contributed by atoms with Gasteiger partial charge in [-0.1, -0.05) is 42.5 Å². The van der Waals surface area contributed by atoms with E-state index in [0.717, 1.165) is 52.0 Å². The van der Waals surface area contributed by atoms with E-state index < -0.39 is 5.82 Å². The Morgan fingerprint density at radius 3 is 2.38 bits per heavy atom. The van der Waals surface area contributed by atoms with Crippen molar-refractivity contribution in [2.45, 2.75) is 25.3 Å². The number of amides is 2. The van der Waals surface area contributed by atoms with Crippen LogP contribution >= 0.6 is 0 Å². The van der Waals surface area contributed by atoms with Crippen molar-refractivity contribution >= 4 is 17.9 Å². The summed E-state index contributed by atoms with van der Waals surface area (Å²) in [7, 11) is 0. The molecule has 0 N–H and O–H groups in total. The highest BCUT2D eigenvalue weighted by Crippen LogP contribution is 2.21. The molecule has 0 aliphatic carbocycles. The molecule has 2 heterocycles. The van der Waals surface area contributed by atoms with Crippen molar-refractivity contribution in [3.63, 3.8) is 0 Å². The van der Waals surface area contributed by atoms with Crippen molar-refractivity contribution < 1.29 is 14.0 Å². The Morgan fingerprint density at radius 1 is 0.938 bits per heavy atom. The number of hydrogen-bond acceptors (Lipinski definition) is 4. The van der Waals surface area contributed by atoms with Crippen LogP contribution in [0.15, 0.2) is 60.7 Å². The Bertz CT molecular complexity index is 937. The second-order valence-electron chi connectivity index (χ2n) is 8.46. The Kier molecular flexibility index (Phi) is 7.45. The number of hydrogen-bond donors (Lipinski definition) is 0. The average Bonchev–Trinajstić information content (AvgIpc) is 3.02. The summed E-state index contributed by atoms with van der Waals surface area (Å²) in [6, 6.07) is 15.4. The van der Waals surface area contributed by atoms with Crippen molar-refractivity contribution in [1.29, 1.82) is 0 Å². The van der Waals surface area contributed by atoms with Crippen LogP contribution in [-0.2, 0) is 4.79 Å². The summed E-state index contributed by atoms with van der Waals surface area (Å²) in [5.74, 6) is -0.834. The summed E-state index contributed by atoms with van der Waals surface area (Å²) in [5.41, 5.74) is 1.55. The van der Waals surface area contributed by atoms with E-state index >= 15 is 0 Å². The highest BCUT2D eigenvalue weighted by molar-refractivity contribution is 6.06. The molecular formula is C26H30FN3O2. The zero-order chi connectivity index (χ0) is 22.3. The number of carbonyl (C=O) groups is 2. The van der Waals surface area contributed by atoms with Crippen LogP contribution in [0, 0.1) is 5.82 Å². The first kappa shape index (κ1) is 22.4. The second kappa shape index (κ2) is 10.7. The number of benzene rings is 2. The Labute approximate surface area is 189 Å². The monoisotopic (exact) mass is 435 g/mol. The molecule has 2 aromatic rings. The lowest BCUT2D eigenvalue weighted by Gasteiger charge is -2.38. The molecule has 0 aromatic heterocycles. The van der Waals surface area contributed by atoms with Crippen LogP contribution in [0.4, 0.5) is 4.39 Å². The summed E-state index contributed by atoms with van der Waals surface area (Å²) in [4.78, 5) is 32.2. The Hall–Kier alpha value is -2.83. The maximum atomic E-state index is 13.3. The predicted octanol–water partition coefficient (Wildman–Crippen LogP) is 3.68. The maximum absolute atomic E-state index is 13.3. The standard InChI is InChI=1S/C26H30FN3O2/c27-23-13-11-22(12-14-23)25(31)30-16-5-4-10-24(26(30)32)29-19-17-28(18-20-29)15-6-9-21-7-2-1-3-8-21/h1-3,6-9,11-14,24H,4-5,10,15-20H2. The highest BCUT2D eigenvalue weighted by atomic mass is 19.1. The Balaban J connectivity index is 1.34. The minimum Gasteiger partial charge on any atom is -0.297 e. The summed E-state index contributed by atoms with van der Waals surface area (Å²) in [5, 5.41) is 0. The lowest BCUT2D eigenvalue weighted by molar-refractivity contribution is -0.134. The zero-order valence-corrected chi connectivity index (χ0v) is 18.3. The van der Waals surface area contributed by atoms with Gasteiger partial charge in [-0.25, -0.2) is 4.39 Å². The first-order valence-corrected chi connectivity index (χ1v) is 11.4. The molecule has 1 atom stereocenters. The SMILES string of the molecule is O=C(c1ccc(F)cc1)N1CCCCC(N2CCN(CC=Cc3ccccc3)CC2)C1=O. The van der Waals surface area contributed by atoms with E-state index in [9.17, 15) is 14.0 Å². The molecule has 0 bridgehead atoms. The molecule has 168 valence electrons. The lowest BCUT2D eigenvalue weighted by Crippen LogP contribution is -2.55. The van der Waals surface area contributed by atoms with Gasteiger partial charge >= 0.3 is 0 Å². The van der Waals surface area contributed by atoms with Gasteiger partial charge in [0.1, 0.15) is 5.82 Å². The van der Waals surface area contributed by atoms with Gasteiger partial charge in [-0.2, -0.15) is 0 Å². The van der Waals surface area contributed by atoms with Crippen molar-refractivity contribution in [3.8, 4) is 0 Å². The number of imide groups is 1. The fourth-order valence-corrected chi connectivity index (χ4v) is 4.47. The second-order valence-corrected chi connectivity index (χ2v) is 8.46. The van der Waals surface area contributed by atoms with Crippen LogP contribution in [0.2, 0.25) is 0 Å². The van der Waals surface area contributed by atoms with Crippen molar-refractivity contribution in [2.75, 3.05) is 39.3 Å². The smallest absolute Gasteiger partial charge is 0.260 e. The molecule has 0 spiro atoms. The molecule has 6 heteroatoms. The average molecular weight is 436 g/mol. The van der Waals surface area contributed by atoms with Gasteiger partial charge in [0.25, 0.3) is 5.91 Å². The molecule has 2 aliphatic rings. The third-order valence-corrected chi connectivity index (χ3v) is 6.32. The number of rotatable bonds is 5. The maximum Gasteiger partial charge on any atom is 0.260 e. The van der Waals surface area contributed by atoms with E-state index in [1.54, 1.807) is 0 Å². The first-order valence-electron chi connectivity index (χ1n) is 11.4. The van der Waals surface area contributed by atoms with Gasteiger partial charge in [-0.05, 0) is 49.1 Å². The molecule has 2 aliphatic heterocycles. The molecule has 4 rings (SSSR count). The van der Waals surface area contributed by atoms with Gasteiger partial charge in [-0.3, -0.25) is 24.3 Å². The molecule has 0 radical (unpaired) electrons. The van der Waals surface area contributed by atoms with E-state index in [-0.39, 0.29) is 17.9 Å². The zero-order valence-electron chi connectivity index (χ0n) is 18.3. The predicted molar refractivity (Wildman–Crippen MR) is 124 cm³/mol. The van der Waals surface area contributed by atoms with Crippen molar-refractivity contribution in [2.24, 2.45) is 0 Å². The van der Waals surface area contributed by atoms with Gasteiger partial charge < -0.3 is 0 Å². The normalized spacial score (nSPS) is 21.1. The van der Waals surface area contributed by atoms with Gasteiger partial charge in [0, 0.05) is 44.8 Å². The summed E-state index contributed by atoms with van der Waals surface area (Å²) in [6.45, 7) is 4.73. The van der Waals surface area contributed by atoms with Crippen LogP contribution in [0.25, 0.3) is 6.08 Å². The molecule has 2 fully saturated rings. The minimum atomic E-state index is -0.391. The third kappa shape index (κ3) is 5.50. The van der Waals surface area contributed by atoms with Crippen LogP contribution < -0.4 is 0 Å². The summed E-state index contributed by atoms with van der Waals surface area (Å²) in [6.07, 6.45) is 6.83. The highest BCUT2D eigenvalue weighted by Gasteiger charge is 2.36. The van der Waals surface area contributed by atoms with Crippen LogP contribution in [0.1, 0.15) is 35.2 Å².